The van der Waals surface area contributed by atoms with E-state index >= 15 is 0 Å². The Labute approximate surface area is 152 Å². The van der Waals surface area contributed by atoms with Crippen LogP contribution in [0.1, 0.15) is 27.7 Å². The van der Waals surface area contributed by atoms with Crippen LogP contribution in [-0.4, -0.2) is 48.5 Å². The van der Waals surface area contributed by atoms with E-state index < -0.39 is 15.3 Å². The third kappa shape index (κ3) is 4.74. The van der Waals surface area contributed by atoms with Crippen LogP contribution in [0.3, 0.4) is 0 Å². The second kappa shape index (κ2) is 6.97. The number of carbonyl (C=O) groups excluding carboxylic acids is 1. The van der Waals surface area contributed by atoms with Crippen LogP contribution in [-0.2, 0) is 14.8 Å². The Balaban J connectivity index is 2.23. The number of aromatic nitrogens is 1. The molecule has 1 atom stereocenters. The summed E-state index contributed by atoms with van der Waals surface area (Å²) < 4.78 is 31.1. The number of nitrogens with zero attached hydrogens (tertiary/aromatic N) is 2. The first-order chi connectivity index (χ1) is 11.4. The van der Waals surface area contributed by atoms with Gasteiger partial charge in [0.15, 0.2) is 5.58 Å². The number of fused-ring (bicyclic) bond motifs is 1. The molecule has 1 N–H and O–H groups in total. The standard InChI is InChI=1S/C16H23N3O4S2/c1-10(14(20)18-16(2,3)4)24-15-17-12-9-11(7-8-13(12)23-15)25(21,22)19(5)6/h7-10H,1-6H3,(H,18,20)/t10-/m1/s1. The first-order valence-corrected chi connectivity index (χ1v) is 10.0. The molecule has 0 unspecified atom stereocenters. The van der Waals surface area contributed by atoms with Crippen LogP contribution in [0, 0.1) is 0 Å². The van der Waals surface area contributed by atoms with E-state index in [0.717, 1.165) is 4.31 Å². The van der Waals surface area contributed by atoms with Gasteiger partial charge in [-0.15, -0.1) is 0 Å². The van der Waals surface area contributed by atoms with Crippen LogP contribution < -0.4 is 5.32 Å². The Bertz CT molecular complexity index is 882. The van der Waals surface area contributed by atoms with Gasteiger partial charge in [-0.1, -0.05) is 11.8 Å². The van der Waals surface area contributed by atoms with Gasteiger partial charge < -0.3 is 9.73 Å². The largest absolute Gasteiger partial charge is 0.431 e. The van der Waals surface area contributed by atoms with Crippen LogP contribution in [0.2, 0.25) is 0 Å². The van der Waals surface area contributed by atoms with Gasteiger partial charge >= 0.3 is 0 Å². The molecule has 0 saturated heterocycles. The Hall–Kier alpha value is -1.58. The van der Waals surface area contributed by atoms with Crippen LogP contribution in [0.15, 0.2) is 32.7 Å². The summed E-state index contributed by atoms with van der Waals surface area (Å²) in [6.07, 6.45) is 0. The fourth-order valence-electron chi connectivity index (χ4n) is 1.98. The van der Waals surface area contributed by atoms with Crippen LogP contribution >= 0.6 is 11.8 Å². The highest BCUT2D eigenvalue weighted by molar-refractivity contribution is 8.00. The zero-order chi connectivity index (χ0) is 19.0. The number of thioether (sulfide) groups is 1. The summed E-state index contributed by atoms with van der Waals surface area (Å²) in [7, 11) is -0.592. The van der Waals surface area contributed by atoms with Gasteiger partial charge in [0.05, 0.1) is 10.1 Å². The van der Waals surface area contributed by atoms with Gasteiger partial charge in [-0.3, -0.25) is 4.79 Å². The summed E-state index contributed by atoms with van der Waals surface area (Å²) in [6.45, 7) is 7.50. The van der Waals surface area contributed by atoms with Crippen molar-refractivity contribution in [1.29, 1.82) is 0 Å². The highest BCUT2D eigenvalue weighted by atomic mass is 32.2. The quantitative estimate of drug-likeness (QED) is 0.795. The van der Waals surface area contributed by atoms with Gasteiger partial charge in [-0.25, -0.2) is 17.7 Å². The van der Waals surface area contributed by atoms with Crippen molar-refractivity contribution in [3.63, 3.8) is 0 Å². The predicted molar refractivity (Wildman–Crippen MR) is 98.1 cm³/mol. The van der Waals surface area contributed by atoms with Crippen molar-refractivity contribution in [3.8, 4) is 0 Å². The van der Waals surface area contributed by atoms with E-state index in [4.69, 9.17) is 4.42 Å². The van der Waals surface area contributed by atoms with Crippen LogP contribution in [0.5, 0.6) is 0 Å². The average molecular weight is 386 g/mol. The maximum Gasteiger partial charge on any atom is 0.257 e. The molecule has 0 fully saturated rings. The number of nitrogens with one attached hydrogen (secondary N) is 1. The molecule has 0 spiro atoms. The SMILES string of the molecule is C[C@@H](Sc1nc2cc(S(=O)(=O)N(C)C)ccc2o1)C(=O)NC(C)(C)C. The molecule has 2 rings (SSSR count). The first kappa shape index (κ1) is 19.7. The van der Waals surface area contributed by atoms with E-state index in [0.29, 0.717) is 16.3 Å². The van der Waals surface area contributed by atoms with Crippen molar-refractivity contribution in [2.45, 2.75) is 48.6 Å². The van der Waals surface area contributed by atoms with Crippen molar-refractivity contribution in [2.75, 3.05) is 14.1 Å². The zero-order valence-corrected chi connectivity index (χ0v) is 16.8. The molecule has 1 amide bonds. The molecule has 0 saturated carbocycles. The molecule has 25 heavy (non-hydrogen) atoms. The van der Waals surface area contributed by atoms with Crippen LogP contribution in [0.4, 0.5) is 0 Å². The number of benzene rings is 1. The Morgan fingerprint density at radius 3 is 2.52 bits per heavy atom. The molecule has 0 aliphatic heterocycles. The summed E-state index contributed by atoms with van der Waals surface area (Å²) in [5.74, 6) is -0.115. The number of hydrogen-bond donors (Lipinski definition) is 1. The summed E-state index contributed by atoms with van der Waals surface area (Å²) in [5.41, 5.74) is 0.598. The van der Waals surface area contributed by atoms with E-state index in [1.54, 1.807) is 13.0 Å². The normalized spacial score (nSPS) is 14.0. The highest BCUT2D eigenvalue weighted by Gasteiger charge is 2.23. The number of sulfonamides is 1. The fraction of sp³-hybridized carbons (Fsp3) is 0.500. The van der Waals surface area contributed by atoms with Crippen molar-refractivity contribution in [2.24, 2.45) is 0 Å². The minimum atomic E-state index is -3.54. The molecule has 9 heteroatoms. The Morgan fingerprint density at radius 2 is 1.96 bits per heavy atom. The average Bonchev–Trinajstić information content (AvgIpc) is 2.86. The lowest BCUT2D eigenvalue weighted by molar-refractivity contribution is -0.121. The fourth-order valence-corrected chi connectivity index (χ4v) is 3.66. The van der Waals surface area contributed by atoms with Gasteiger partial charge in [-0.2, -0.15) is 0 Å². The molecule has 1 aromatic carbocycles. The predicted octanol–water partition coefficient (Wildman–Crippen LogP) is 2.47. The first-order valence-electron chi connectivity index (χ1n) is 7.72. The molecule has 0 aliphatic rings. The number of carbonyl (C=O) groups is 1. The lowest BCUT2D eigenvalue weighted by Gasteiger charge is -2.22. The summed E-state index contributed by atoms with van der Waals surface area (Å²) in [6, 6.07) is 4.52. The van der Waals surface area contributed by atoms with Gasteiger partial charge in [-0.05, 0) is 45.9 Å². The Morgan fingerprint density at radius 1 is 1.32 bits per heavy atom. The van der Waals surface area contributed by atoms with Crippen LogP contribution in [0.25, 0.3) is 11.1 Å². The lowest BCUT2D eigenvalue weighted by atomic mass is 10.1. The van der Waals surface area contributed by atoms with E-state index in [-0.39, 0.29) is 16.3 Å². The van der Waals surface area contributed by atoms with Gasteiger partial charge in [0.2, 0.25) is 15.9 Å². The van der Waals surface area contributed by atoms with E-state index in [1.165, 1.54) is 38.0 Å². The van der Waals surface area contributed by atoms with Crippen molar-refractivity contribution in [1.82, 2.24) is 14.6 Å². The van der Waals surface area contributed by atoms with Gasteiger partial charge in [0.25, 0.3) is 5.22 Å². The van der Waals surface area contributed by atoms with E-state index in [2.05, 4.69) is 10.3 Å². The molecule has 1 aromatic heterocycles. The second-order valence-electron chi connectivity index (χ2n) is 6.90. The monoisotopic (exact) mass is 385 g/mol. The maximum atomic E-state index is 12.2. The molecule has 0 bridgehead atoms. The zero-order valence-electron chi connectivity index (χ0n) is 15.2. The number of amides is 1. The van der Waals surface area contributed by atoms with Gasteiger partial charge in [0.1, 0.15) is 5.52 Å². The molecule has 1 heterocycles. The molecule has 7 nitrogen and oxygen atoms in total. The Kier molecular flexibility index (Phi) is 5.50. The van der Waals surface area contributed by atoms with Crippen molar-refractivity contribution in [3.05, 3.63) is 18.2 Å². The minimum absolute atomic E-state index is 0.115. The maximum absolute atomic E-state index is 12.2. The molecular weight excluding hydrogens is 362 g/mol. The van der Waals surface area contributed by atoms with Gasteiger partial charge in [0, 0.05) is 19.6 Å². The summed E-state index contributed by atoms with van der Waals surface area (Å²) in [4.78, 5) is 16.6. The lowest BCUT2D eigenvalue weighted by Crippen LogP contribution is -2.44. The van der Waals surface area contributed by atoms with Crippen molar-refractivity contribution < 1.29 is 17.6 Å². The van der Waals surface area contributed by atoms with E-state index in [9.17, 15) is 13.2 Å². The molecule has 0 aliphatic carbocycles. The summed E-state index contributed by atoms with van der Waals surface area (Å²) in [5, 5.41) is 2.83. The molecule has 2 aromatic rings. The summed E-state index contributed by atoms with van der Waals surface area (Å²) >= 11 is 1.19. The van der Waals surface area contributed by atoms with E-state index in [1.807, 2.05) is 20.8 Å². The molecule has 0 radical (unpaired) electrons. The topological polar surface area (TPSA) is 92.5 Å². The number of oxazole rings is 1. The second-order valence-corrected chi connectivity index (χ2v) is 10.3. The highest BCUT2D eigenvalue weighted by Crippen LogP contribution is 2.28. The number of hydrogen-bond acceptors (Lipinski definition) is 6. The molecular formula is C16H23N3O4S2. The minimum Gasteiger partial charge on any atom is -0.431 e. The third-order valence-electron chi connectivity index (χ3n) is 3.26. The van der Waals surface area contributed by atoms with Crippen molar-refractivity contribution >= 4 is 38.8 Å². The molecule has 138 valence electrons. The number of rotatable bonds is 5. The third-order valence-corrected chi connectivity index (χ3v) is 6.02. The smallest absolute Gasteiger partial charge is 0.257 e.